The Balaban J connectivity index is 1.53. The van der Waals surface area contributed by atoms with Crippen molar-refractivity contribution >= 4 is 16.9 Å². The summed E-state index contributed by atoms with van der Waals surface area (Å²) in [6.07, 6.45) is 3.45. The highest BCUT2D eigenvalue weighted by Gasteiger charge is 2.33. The molecule has 26 heavy (non-hydrogen) atoms. The SMILES string of the molecule is CCn1nc(CCN[C@@H]2CN3CCC2CC3)c2c(C(=O)OC)cccc21. The molecule has 1 aromatic carbocycles. The third-order valence-corrected chi connectivity index (χ3v) is 5.98. The van der Waals surface area contributed by atoms with E-state index in [9.17, 15) is 4.79 Å². The molecule has 3 fully saturated rings. The first-order valence-electron chi connectivity index (χ1n) is 9.73. The number of nitrogens with one attached hydrogen (secondary N) is 1. The predicted molar refractivity (Wildman–Crippen MR) is 101 cm³/mol. The van der Waals surface area contributed by atoms with Crippen LogP contribution in [0, 0.1) is 5.92 Å². The van der Waals surface area contributed by atoms with Crippen LogP contribution >= 0.6 is 0 Å². The predicted octanol–water partition coefficient (Wildman–Crippen LogP) is 2.07. The molecule has 3 saturated heterocycles. The van der Waals surface area contributed by atoms with Crippen molar-refractivity contribution in [2.24, 2.45) is 5.92 Å². The number of fused-ring (bicyclic) bond motifs is 4. The number of aromatic nitrogens is 2. The van der Waals surface area contributed by atoms with Crippen LogP contribution in [0.15, 0.2) is 18.2 Å². The molecule has 2 aromatic rings. The maximum Gasteiger partial charge on any atom is 0.338 e. The summed E-state index contributed by atoms with van der Waals surface area (Å²) in [5, 5.41) is 9.46. The number of piperidine rings is 3. The highest BCUT2D eigenvalue weighted by Crippen LogP contribution is 2.28. The number of aryl methyl sites for hydroxylation is 1. The number of benzene rings is 1. The van der Waals surface area contributed by atoms with Crippen molar-refractivity contribution in [3.63, 3.8) is 0 Å². The summed E-state index contributed by atoms with van der Waals surface area (Å²) in [5.41, 5.74) is 2.60. The first-order valence-corrected chi connectivity index (χ1v) is 9.73. The summed E-state index contributed by atoms with van der Waals surface area (Å²) in [7, 11) is 1.43. The molecule has 0 aliphatic carbocycles. The molecule has 2 bridgehead atoms. The van der Waals surface area contributed by atoms with E-state index in [0.717, 1.165) is 42.0 Å². The van der Waals surface area contributed by atoms with Gasteiger partial charge in [-0.1, -0.05) is 6.07 Å². The first-order chi connectivity index (χ1) is 12.7. The summed E-state index contributed by atoms with van der Waals surface area (Å²) in [4.78, 5) is 14.8. The van der Waals surface area contributed by atoms with E-state index in [1.807, 2.05) is 22.9 Å². The molecule has 6 nitrogen and oxygen atoms in total. The largest absolute Gasteiger partial charge is 0.465 e. The molecule has 0 unspecified atom stereocenters. The van der Waals surface area contributed by atoms with Gasteiger partial charge in [0.15, 0.2) is 0 Å². The van der Waals surface area contributed by atoms with Crippen molar-refractivity contribution in [1.29, 1.82) is 0 Å². The minimum absolute atomic E-state index is 0.294. The number of hydrogen-bond acceptors (Lipinski definition) is 5. The molecular formula is C20H28N4O2. The second kappa shape index (κ2) is 7.37. The summed E-state index contributed by atoms with van der Waals surface area (Å²) in [6, 6.07) is 6.36. The number of hydrogen-bond donors (Lipinski definition) is 1. The monoisotopic (exact) mass is 356 g/mol. The molecule has 3 aliphatic rings. The maximum atomic E-state index is 12.2. The molecule has 3 aliphatic heterocycles. The minimum atomic E-state index is -0.294. The van der Waals surface area contributed by atoms with Crippen molar-refractivity contribution in [1.82, 2.24) is 20.0 Å². The Morgan fingerprint density at radius 2 is 2.15 bits per heavy atom. The van der Waals surface area contributed by atoms with Gasteiger partial charge in [-0.3, -0.25) is 4.68 Å². The van der Waals surface area contributed by atoms with E-state index in [4.69, 9.17) is 9.84 Å². The van der Waals surface area contributed by atoms with Gasteiger partial charge >= 0.3 is 5.97 Å². The minimum Gasteiger partial charge on any atom is -0.465 e. The lowest BCUT2D eigenvalue weighted by Crippen LogP contribution is -2.56. The van der Waals surface area contributed by atoms with Gasteiger partial charge in [0.2, 0.25) is 0 Å². The Hall–Kier alpha value is -1.92. The van der Waals surface area contributed by atoms with Gasteiger partial charge in [0.25, 0.3) is 0 Å². The Morgan fingerprint density at radius 3 is 2.81 bits per heavy atom. The van der Waals surface area contributed by atoms with Gasteiger partial charge in [0, 0.05) is 37.5 Å². The van der Waals surface area contributed by atoms with Gasteiger partial charge in [-0.25, -0.2) is 4.79 Å². The smallest absolute Gasteiger partial charge is 0.338 e. The molecule has 1 N–H and O–H groups in total. The molecule has 6 heteroatoms. The molecular weight excluding hydrogens is 328 g/mol. The molecule has 0 radical (unpaired) electrons. The van der Waals surface area contributed by atoms with Gasteiger partial charge in [0.05, 0.1) is 23.9 Å². The zero-order chi connectivity index (χ0) is 18.1. The number of carbonyl (C=O) groups excluding carboxylic acids is 1. The van der Waals surface area contributed by atoms with E-state index < -0.39 is 0 Å². The fraction of sp³-hybridized carbons (Fsp3) is 0.600. The molecule has 1 aromatic heterocycles. The fourth-order valence-corrected chi connectivity index (χ4v) is 4.58. The second-order valence-corrected chi connectivity index (χ2v) is 7.40. The zero-order valence-electron chi connectivity index (χ0n) is 15.7. The highest BCUT2D eigenvalue weighted by atomic mass is 16.5. The average Bonchev–Trinajstić information content (AvgIpc) is 3.06. The lowest BCUT2D eigenvalue weighted by atomic mass is 9.84. The Bertz CT molecular complexity index is 792. The van der Waals surface area contributed by atoms with Crippen LogP contribution in [0.4, 0.5) is 0 Å². The van der Waals surface area contributed by atoms with Gasteiger partial charge in [-0.05, 0) is 50.9 Å². The van der Waals surface area contributed by atoms with E-state index in [1.54, 1.807) is 0 Å². The maximum absolute atomic E-state index is 12.2. The van der Waals surface area contributed by atoms with Crippen LogP contribution in [0.3, 0.4) is 0 Å². The van der Waals surface area contributed by atoms with Crippen LogP contribution in [-0.2, 0) is 17.7 Å². The Kier molecular flexibility index (Phi) is 4.96. The van der Waals surface area contributed by atoms with E-state index in [1.165, 1.54) is 39.6 Å². The number of rotatable bonds is 6. The first kappa shape index (κ1) is 17.5. The fourth-order valence-electron chi connectivity index (χ4n) is 4.58. The number of methoxy groups -OCH3 is 1. The Morgan fingerprint density at radius 1 is 1.35 bits per heavy atom. The molecule has 0 amide bonds. The van der Waals surface area contributed by atoms with Gasteiger partial charge in [0.1, 0.15) is 0 Å². The summed E-state index contributed by atoms with van der Waals surface area (Å²) < 4.78 is 6.96. The standard InChI is InChI=1S/C20H28N4O2/c1-3-24-18-6-4-5-15(20(25)26-2)19(18)16(22-24)7-10-21-17-13-23-11-8-14(17)9-12-23/h4-6,14,17,21H,3,7-13H2,1-2H3/t17-/m1/s1. The van der Waals surface area contributed by atoms with E-state index in [-0.39, 0.29) is 5.97 Å². The van der Waals surface area contributed by atoms with Crippen LogP contribution in [0.1, 0.15) is 35.8 Å². The number of carbonyl (C=O) groups is 1. The topological polar surface area (TPSA) is 59.4 Å². The van der Waals surface area contributed by atoms with Crippen LogP contribution in [0.5, 0.6) is 0 Å². The third-order valence-electron chi connectivity index (χ3n) is 5.98. The van der Waals surface area contributed by atoms with Gasteiger partial charge in [-0.15, -0.1) is 0 Å². The van der Waals surface area contributed by atoms with Crippen LogP contribution in [-0.4, -0.2) is 60.0 Å². The molecule has 0 spiro atoms. The van der Waals surface area contributed by atoms with E-state index >= 15 is 0 Å². The van der Waals surface area contributed by atoms with E-state index in [2.05, 4.69) is 17.1 Å². The zero-order valence-corrected chi connectivity index (χ0v) is 15.7. The van der Waals surface area contributed by atoms with Crippen LogP contribution in [0.25, 0.3) is 10.9 Å². The molecule has 1 atom stereocenters. The number of nitrogens with zero attached hydrogens (tertiary/aromatic N) is 3. The van der Waals surface area contributed by atoms with Crippen molar-refractivity contribution < 1.29 is 9.53 Å². The van der Waals surface area contributed by atoms with Crippen molar-refractivity contribution in [3.8, 4) is 0 Å². The second-order valence-electron chi connectivity index (χ2n) is 7.40. The molecule has 5 rings (SSSR count). The molecule has 4 heterocycles. The average molecular weight is 356 g/mol. The summed E-state index contributed by atoms with van der Waals surface area (Å²) in [5.74, 6) is 0.522. The van der Waals surface area contributed by atoms with Crippen LogP contribution in [0.2, 0.25) is 0 Å². The highest BCUT2D eigenvalue weighted by molar-refractivity contribution is 6.04. The lowest BCUT2D eigenvalue weighted by Gasteiger charge is -2.45. The van der Waals surface area contributed by atoms with Crippen molar-refractivity contribution in [3.05, 3.63) is 29.5 Å². The number of esters is 1. The van der Waals surface area contributed by atoms with Crippen LogP contribution < -0.4 is 5.32 Å². The third kappa shape index (κ3) is 3.12. The molecule has 0 saturated carbocycles. The van der Waals surface area contributed by atoms with Gasteiger partial charge in [-0.2, -0.15) is 5.10 Å². The summed E-state index contributed by atoms with van der Waals surface area (Å²) >= 11 is 0. The lowest BCUT2D eigenvalue weighted by molar-refractivity contribution is 0.0603. The van der Waals surface area contributed by atoms with Gasteiger partial charge < -0.3 is 15.0 Å². The van der Waals surface area contributed by atoms with Crippen molar-refractivity contribution in [2.45, 2.75) is 38.8 Å². The summed E-state index contributed by atoms with van der Waals surface area (Å²) in [6.45, 7) is 7.44. The number of ether oxygens (including phenoxy) is 1. The van der Waals surface area contributed by atoms with E-state index in [0.29, 0.717) is 11.6 Å². The normalized spacial score (nSPS) is 24.9. The van der Waals surface area contributed by atoms with Crippen molar-refractivity contribution in [2.75, 3.05) is 33.3 Å². The Labute approximate surface area is 154 Å². The molecule has 140 valence electrons. The quantitative estimate of drug-likeness (QED) is 0.803.